The van der Waals surface area contributed by atoms with Crippen molar-refractivity contribution in [2.45, 2.75) is 6.54 Å². The summed E-state index contributed by atoms with van der Waals surface area (Å²) in [5, 5.41) is 0.996. The van der Waals surface area contributed by atoms with Crippen LogP contribution in [0.3, 0.4) is 0 Å². The highest BCUT2D eigenvalue weighted by molar-refractivity contribution is 7.18. The molecule has 0 atom stereocenters. The number of fused-ring (bicyclic) bond motifs is 1. The van der Waals surface area contributed by atoms with E-state index in [4.69, 9.17) is 4.74 Å². The number of hydrogen-bond acceptors (Lipinski definition) is 3. The third-order valence-corrected chi connectivity index (χ3v) is 4.49. The standard InChI is InChI=1S/C19H16NO2S.BrH/c1-2-22-19(21)14-20-16-10-6-7-11-17(16)23-18(20)13-12-15-8-4-3-5-9-15;/h2-13H,1,14H2;1H/q+1;/p-1/b13-12+;. The van der Waals surface area contributed by atoms with Crippen LogP contribution >= 0.6 is 11.3 Å². The molecule has 122 valence electrons. The predicted molar refractivity (Wildman–Crippen MR) is 93.7 cm³/mol. The van der Waals surface area contributed by atoms with Crippen molar-refractivity contribution in [3.05, 3.63) is 78.0 Å². The molecule has 0 aliphatic carbocycles. The van der Waals surface area contributed by atoms with E-state index >= 15 is 0 Å². The minimum Gasteiger partial charge on any atom is -1.00 e. The maximum Gasteiger partial charge on any atom is 0.377 e. The van der Waals surface area contributed by atoms with Gasteiger partial charge in [0.05, 0.1) is 6.26 Å². The number of ether oxygens (including phenoxy) is 1. The van der Waals surface area contributed by atoms with Crippen molar-refractivity contribution in [2.24, 2.45) is 0 Å². The maximum atomic E-state index is 11.8. The molecule has 3 rings (SSSR count). The molecule has 5 heteroatoms. The van der Waals surface area contributed by atoms with Crippen molar-refractivity contribution in [1.82, 2.24) is 0 Å². The van der Waals surface area contributed by atoms with Crippen LogP contribution in [0, 0.1) is 0 Å². The monoisotopic (exact) mass is 401 g/mol. The van der Waals surface area contributed by atoms with E-state index in [1.165, 1.54) is 0 Å². The Morgan fingerprint density at radius 3 is 2.54 bits per heavy atom. The van der Waals surface area contributed by atoms with E-state index in [9.17, 15) is 4.79 Å². The molecular formula is C19H16BrNO2S. The summed E-state index contributed by atoms with van der Waals surface area (Å²) in [6.07, 6.45) is 5.23. The molecule has 0 spiro atoms. The van der Waals surface area contributed by atoms with E-state index < -0.39 is 0 Å². The number of carbonyl (C=O) groups is 1. The van der Waals surface area contributed by atoms with Crippen molar-refractivity contribution in [2.75, 3.05) is 0 Å². The van der Waals surface area contributed by atoms with Crippen LogP contribution in [-0.4, -0.2) is 5.97 Å². The molecule has 1 heterocycles. The van der Waals surface area contributed by atoms with Crippen LogP contribution in [0.5, 0.6) is 0 Å². The number of hydrogen-bond donors (Lipinski definition) is 0. The lowest BCUT2D eigenvalue weighted by Crippen LogP contribution is -3.00. The van der Waals surface area contributed by atoms with Gasteiger partial charge in [0.1, 0.15) is 4.70 Å². The van der Waals surface area contributed by atoms with Crippen LogP contribution in [0.2, 0.25) is 0 Å². The topological polar surface area (TPSA) is 30.2 Å². The quantitative estimate of drug-likeness (QED) is 0.363. The second kappa shape index (κ2) is 8.57. The molecule has 1 aromatic heterocycles. The van der Waals surface area contributed by atoms with Crippen LogP contribution in [0.15, 0.2) is 67.4 Å². The zero-order chi connectivity index (χ0) is 16.1. The van der Waals surface area contributed by atoms with Gasteiger partial charge >= 0.3 is 5.97 Å². The Hall–Kier alpha value is -2.24. The maximum absolute atomic E-state index is 11.8. The summed E-state index contributed by atoms with van der Waals surface area (Å²) in [4.78, 5) is 11.8. The lowest BCUT2D eigenvalue weighted by atomic mass is 10.2. The number of thiazole rings is 1. The molecule has 0 fully saturated rings. The van der Waals surface area contributed by atoms with Gasteiger partial charge in [-0.3, -0.25) is 0 Å². The Morgan fingerprint density at radius 2 is 1.79 bits per heavy atom. The smallest absolute Gasteiger partial charge is 0.377 e. The first kappa shape index (κ1) is 18.1. The minimum absolute atomic E-state index is 0. The first-order valence-electron chi connectivity index (χ1n) is 7.23. The van der Waals surface area contributed by atoms with Crippen molar-refractivity contribution in [1.29, 1.82) is 0 Å². The Labute approximate surface area is 155 Å². The molecule has 0 saturated carbocycles. The summed E-state index contributed by atoms with van der Waals surface area (Å²) in [5.41, 5.74) is 2.14. The van der Waals surface area contributed by atoms with Crippen LogP contribution in [0.4, 0.5) is 0 Å². The summed E-state index contributed by atoms with van der Waals surface area (Å²) < 4.78 is 7.96. The lowest BCUT2D eigenvalue weighted by molar-refractivity contribution is -0.657. The number of aromatic nitrogens is 1. The van der Waals surface area contributed by atoms with Gasteiger partial charge in [-0.15, -0.1) is 0 Å². The summed E-state index contributed by atoms with van der Waals surface area (Å²) in [6.45, 7) is 3.58. The van der Waals surface area contributed by atoms with Crippen LogP contribution in [0.1, 0.15) is 10.6 Å². The zero-order valence-electron chi connectivity index (χ0n) is 12.9. The molecule has 0 unspecified atom stereocenters. The van der Waals surface area contributed by atoms with E-state index in [-0.39, 0.29) is 29.5 Å². The molecule has 0 bridgehead atoms. The molecule has 24 heavy (non-hydrogen) atoms. The first-order valence-corrected chi connectivity index (χ1v) is 8.04. The van der Waals surface area contributed by atoms with E-state index in [0.717, 1.165) is 27.0 Å². The van der Waals surface area contributed by atoms with Gasteiger partial charge < -0.3 is 21.7 Å². The zero-order valence-corrected chi connectivity index (χ0v) is 15.3. The van der Waals surface area contributed by atoms with E-state index in [1.807, 2.05) is 65.3 Å². The molecule has 0 amide bonds. The molecule has 0 aliphatic rings. The average molecular weight is 402 g/mol. The molecule has 0 radical (unpaired) electrons. The first-order chi connectivity index (χ1) is 11.3. The highest BCUT2D eigenvalue weighted by atomic mass is 79.9. The third kappa shape index (κ3) is 4.19. The van der Waals surface area contributed by atoms with Gasteiger partial charge in [-0.1, -0.05) is 60.4 Å². The number of halogens is 1. The number of nitrogens with zero attached hydrogens (tertiary/aromatic N) is 1. The third-order valence-electron chi connectivity index (χ3n) is 3.36. The highest BCUT2D eigenvalue weighted by Gasteiger charge is 2.21. The Morgan fingerprint density at radius 1 is 1.08 bits per heavy atom. The fraction of sp³-hybridized carbons (Fsp3) is 0.0526. The van der Waals surface area contributed by atoms with E-state index in [1.54, 1.807) is 11.3 Å². The average Bonchev–Trinajstić information content (AvgIpc) is 2.92. The number of carbonyl (C=O) groups excluding carboxylic acids is 1. The number of para-hydroxylation sites is 1. The second-order valence-corrected chi connectivity index (χ2v) is 5.96. The lowest BCUT2D eigenvalue weighted by Gasteiger charge is -1.96. The molecule has 3 nitrogen and oxygen atoms in total. The van der Waals surface area contributed by atoms with Crippen LogP contribution < -0.4 is 21.5 Å². The van der Waals surface area contributed by atoms with Crippen molar-refractivity contribution in [3.8, 4) is 0 Å². The van der Waals surface area contributed by atoms with E-state index in [2.05, 4.69) is 12.6 Å². The summed E-state index contributed by atoms with van der Waals surface area (Å²) in [5.74, 6) is -0.331. The number of rotatable bonds is 5. The number of benzene rings is 2. The van der Waals surface area contributed by atoms with Crippen LogP contribution in [0.25, 0.3) is 22.4 Å². The van der Waals surface area contributed by atoms with Crippen molar-refractivity contribution >= 4 is 39.7 Å². The van der Waals surface area contributed by atoms with Gasteiger partial charge in [-0.2, -0.15) is 4.57 Å². The van der Waals surface area contributed by atoms with Gasteiger partial charge in [-0.25, -0.2) is 4.79 Å². The van der Waals surface area contributed by atoms with Crippen LogP contribution in [-0.2, 0) is 16.1 Å². The van der Waals surface area contributed by atoms with Gasteiger partial charge in [-0.05, 0) is 17.7 Å². The fourth-order valence-corrected chi connectivity index (χ4v) is 3.39. The molecule has 3 aromatic rings. The van der Waals surface area contributed by atoms with Gasteiger partial charge in [0.25, 0.3) is 5.01 Å². The SMILES string of the molecule is C=COC(=O)C[n+]1c(/C=C/c2ccccc2)sc2ccccc21.[Br-]. The normalized spacial score (nSPS) is 10.5. The molecule has 0 saturated heterocycles. The Balaban J connectivity index is 0.00000208. The molecule has 0 N–H and O–H groups in total. The van der Waals surface area contributed by atoms with E-state index in [0.29, 0.717) is 0 Å². The largest absolute Gasteiger partial charge is 1.00 e. The Kier molecular flexibility index (Phi) is 6.46. The summed E-state index contributed by atoms with van der Waals surface area (Å²) in [6, 6.07) is 18.1. The molecular weight excluding hydrogens is 386 g/mol. The fourth-order valence-electron chi connectivity index (χ4n) is 2.33. The summed E-state index contributed by atoms with van der Waals surface area (Å²) >= 11 is 1.65. The highest BCUT2D eigenvalue weighted by Crippen LogP contribution is 2.22. The van der Waals surface area contributed by atoms with Gasteiger partial charge in [0.2, 0.25) is 12.1 Å². The van der Waals surface area contributed by atoms with Crippen molar-refractivity contribution in [3.63, 3.8) is 0 Å². The molecule has 2 aromatic carbocycles. The molecule has 0 aliphatic heterocycles. The van der Waals surface area contributed by atoms with Gasteiger partial charge in [0, 0.05) is 12.1 Å². The van der Waals surface area contributed by atoms with Gasteiger partial charge in [0.15, 0.2) is 0 Å². The summed E-state index contributed by atoms with van der Waals surface area (Å²) in [7, 11) is 0. The second-order valence-electron chi connectivity index (χ2n) is 4.89. The minimum atomic E-state index is -0.331. The Bertz CT molecular complexity index is 871. The number of esters is 1. The predicted octanol–water partition coefficient (Wildman–Crippen LogP) is 1.05. The van der Waals surface area contributed by atoms with Crippen molar-refractivity contribution < 1.29 is 31.1 Å².